The van der Waals surface area contributed by atoms with Gasteiger partial charge in [-0.1, -0.05) is 20.8 Å². The summed E-state index contributed by atoms with van der Waals surface area (Å²) in [6, 6.07) is 2.03. The molecule has 0 aromatic carbocycles. The van der Waals surface area contributed by atoms with Gasteiger partial charge in [0, 0.05) is 25.6 Å². The number of aromatic nitrogens is 2. The lowest BCUT2D eigenvalue weighted by molar-refractivity contribution is 0.292. The fourth-order valence-electron chi connectivity index (χ4n) is 2.39. The quantitative estimate of drug-likeness (QED) is 0.783. The van der Waals surface area contributed by atoms with Crippen molar-refractivity contribution in [3.63, 3.8) is 0 Å². The van der Waals surface area contributed by atoms with E-state index in [1.807, 2.05) is 6.07 Å². The van der Waals surface area contributed by atoms with Gasteiger partial charge in [-0.3, -0.25) is 0 Å². The Hall–Kier alpha value is -0.640. The van der Waals surface area contributed by atoms with E-state index in [4.69, 9.17) is 0 Å². The number of piperidine rings is 1. The van der Waals surface area contributed by atoms with Crippen molar-refractivity contribution >= 4 is 21.7 Å². The average Bonchev–Trinajstić information content (AvgIpc) is 2.27. The molecule has 4 heteroatoms. The number of halogens is 1. The van der Waals surface area contributed by atoms with Crippen LogP contribution in [0.3, 0.4) is 0 Å². The Kier molecular flexibility index (Phi) is 3.71. The molecule has 1 aromatic rings. The molecule has 1 aliphatic heterocycles. The van der Waals surface area contributed by atoms with E-state index in [1.54, 1.807) is 0 Å². The summed E-state index contributed by atoms with van der Waals surface area (Å²) in [5.41, 5.74) is 0.391. The predicted molar refractivity (Wildman–Crippen MR) is 74.3 cm³/mol. The van der Waals surface area contributed by atoms with Crippen LogP contribution in [0.1, 0.15) is 39.4 Å². The fraction of sp³-hybridized carbons (Fsp3) is 0.692. The van der Waals surface area contributed by atoms with E-state index >= 15 is 0 Å². The van der Waals surface area contributed by atoms with Crippen molar-refractivity contribution < 1.29 is 0 Å². The van der Waals surface area contributed by atoms with Gasteiger partial charge in [0.2, 0.25) is 0 Å². The summed E-state index contributed by atoms with van der Waals surface area (Å²) in [7, 11) is 0. The molecule has 0 saturated carbocycles. The maximum absolute atomic E-state index is 4.63. The molecule has 0 spiro atoms. The summed E-state index contributed by atoms with van der Waals surface area (Å²) >= 11 is 3.47. The number of hydrogen-bond acceptors (Lipinski definition) is 3. The van der Waals surface area contributed by atoms with Crippen LogP contribution in [-0.4, -0.2) is 23.1 Å². The molecule has 0 atom stereocenters. The molecule has 0 amide bonds. The minimum atomic E-state index is 0.391. The van der Waals surface area contributed by atoms with Crippen molar-refractivity contribution in [3.05, 3.63) is 16.5 Å². The minimum Gasteiger partial charge on any atom is -0.356 e. The second kappa shape index (κ2) is 4.92. The predicted octanol–water partition coefficient (Wildman–Crippen LogP) is 3.43. The molecule has 3 nitrogen and oxygen atoms in total. The van der Waals surface area contributed by atoms with E-state index in [9.17, 15) is 0 Å². The molecule has 1 saturated heterocycles. The molecule has 0 bridgehead atoms. The van der Waals surface area contributed by atoms with E-state index in [0.717, 1.165) is 35.8 Å². The van der Waals surface area contributed by atoms with Crippen LogP contribution in [0.2, 0.25) is 0 Å². The van der Waals surface area contributed by atoms with Gasteiger partial charge < -0.3 is 4.90 Å². The van der Waals surface area contributed by atoms with Crippen molar-refractivity contribution in [3.8, 4) is 0 Å². The molecule has 2 rings (SSSR count). The summed E-state index contributed by atoms with van der Waals surface area (Å²) in [5, 5.41) is 0. The van der Waals surface area contributed by atoms with E-state index in [-0.39, 0.29) is 0 Å². The van der Waals surface area contributed by atoms with Crippen LogP contribution in [0.25, 0.3) is 0 Å². The average molecular weight is 298 g/mol. The molecule has 1 aliphatic rings. The first-order valence-electron chi connectivity index (χ1n) is 6.28. The molecule has 0 radical (unpaired) electrons. The van der Waals surface area contributed by atoms with Crippen molar-refractivity contribution in [2.24, 2.45) is 5.41 Å². The van der Waals surface area contributed by atoms with Crippen LogP contribution in [0.15, 0.2) is 10.7 Å². The first kappa shape index (κ1) is 12.8. The third-order valence-electron chi connectivity index (χ3n) is 3.27. The van der Waals surface area contributed by atoms with Gasteiger partial charge in [0.15, 0.2) is 0 Å². The monoisotopic (exact) mass is 297 g/mol. The molecule has 0 unspecified atom stereocenters. The lowest BCUT2D eigenvalue weighted by Gasteiger charge is -2.38. The molecule has 17 heavy (non-hydrogen) atoms. The summed E-state index contributed by atoms with van der Waals surface area (Å²) < 4.78 is 0.891. The van der Waals surface area contributed by atoms with Crippen molar-refractivity contribution in [2.75, 3.05) is 18.0 Å². The molecule has 2 heterocycles. The second-order valence-corrected chi connectivity index (χ2v) is 6.32. The lowest BCUT2D eigenvalue weighted by atomic mass is 9.84. The van der Waals surface area contributed by atoms with Crippen LogP contribution >= 0.6 is 15.9 Å². The topological polar surface area (TPSA) is 29.0 Å². The van der Waals surface area contributed by atoms with E-state index in [1.165, 1.54) is 12.8 Å². The molecule has 0 aliphatic carbocycles. The standard InChI is InChI=1S/C13H20BrN3/c1-4-11-15-10(14)8-12(16-11)17-7-5-6-13(2,3)9-17/h8H,4-7,9H2,1-3H3. The van der Waals surface area contributed by atoms with Crippen molar-refractivity contribution in [1.29, 1.82) is 0 Å². The SMILES string of the molecule is CCc1nc(Br)cc(N2CCCC(C)(C)C2)n1. The Morgan fingerprint density at radius 1 is 1.41 bits per heavy atom. The van der Waals surface area contributed by atoms with Gasteiger partial charge in [0.1, 0.15) is 16.2 Å². The molecule has 1 fully saturated rings. The molecule has 0 N–H and O–H groups in total. The van der Waals surface area contributed by atoms with Gasteiger partial charge in [-0.15, -0.1) is 0 Å². The second-order valence-electron chi connectivity index (χ2n) is 5.51. The normalized spacial score (nSPS) is 19.4. The number of rotatable bonds is 2. The summed E-state index contributed by atoms with van der Waals surface area (Å²) in [6.45, 7) is 8.94. The minimum absolute atomic E-state index is 0.391. The van der Waals surface area contributed by atoms with Crippen LogP contribution in [0.4, 0.5) is 5.82 Å². The molecular weight excluding hydrogens is 278 g/mol. The summed E-state index contributed by atoms with van der Waals surface area (Å²) in [4.78, 5) is 11.4. The maximum atomic E-state index is 4.63. The summed E-state index contributed by atoms with van der Waals surface area (Å²) in [6.07, 6.45) is 3.43. The van der Waals surface area contributed by atoms with Gasteiger partial charge in [-0.2, -0.15) is 0 Å². The zero-order valence-electron chi connectivity index (χ0n) is 10.8. The van der Waals surface area contributed by atoms with Gasteiger partial charge in [-0.05, 0) is 34.2 Å². The van der Waals surface area contributed by atoms with Crippen LogP contribution in [0, 0.1) is 5.41 Å². The first-order chi connectivity index (χ1) is 8.00. The van der Waals surface area contributed by atoms with Crippen LogP contribution < -0.4 is 4.90 Å². The van der Waals surface area contributed by atoms with Gasteiger partial charge in [0.05, 0.1) is 0 Å². The number of hydrogen-bond donors (Lipinski definition) is 0. The zero-order chi connectivity index (χ0) is 12.5. The highest BCUT2D eigenvalue weighted by Gasteiger charge is 2.27. The Bertz CT molecular complexity index is 404. The summed E-state index contributed by atoms with van der Waals surface area (Å²) in [5.74, 6) is 1.98. The number of aryl methyl sites for hydroxylation is 1. The van der Waals surface area contributed by atoms with Crippen LogP contribution in [0.5, 0.6) is 0 Å². The van der Waals surface area contributed by atoms with Crippen molar-refractivity contribution in [2.45, 2.75) is 40.0 Å². The third-order valence-corrected chi connectivity index (χ3v) is 3.67. The highest BCUT2D eigenvalue weighted by Crippen LogP contribution is 2.31. The first-order valence-corrected chi connectivity index (χ1v) is 7.08. The Morgan fingerprint density at radius 3 is 2.82 bits per heavy atom. The fourth-order valence-corrected chi connectivity index (χ4v) is 2.80. The molecule has 1 aromatic heterocycles. The van der Waals surface area contributed by atoms with Gasteiger partial charge in [0.25, 0.3) is 0 Å². The number of nitrogens with zero attached hydrogens (tertiary/aromatic N) is 3. The van der Waals surface area contributed by atoms with E-state index in [0.29, 0.717) is 5.41 Å². The smallest absolute Gasteiger partial charge is 0.133 e. The van der Waals surface area contributed by atoms with Gasteiger partial charge >= 0.3 is 0 Å². The lowest BCUT2D eigenvalue weighted by Crippen LogP contribution is -2.40. The van der Waals surface area contributed by atoms with E-state index in [2.05, 4.69) is 51.6 Å². The van der Waals surface area contributed by atoms with Crippen LogP contribution in [-0.2, 0) is 6.42 Å². The Labute approximate surface area is 112 Å². The zero-order valence-corrected chi connectivity index (χ0v) is 12.4. The third kappa shape index (κ3) is 3.18. The van der Waals surface area contributed by atoms with E-state index < -0.39 is 0 Å². The Morgan fingerprint density at radius 2 is 2.18 bits per heavy atom. The Balaban J connectivity index is 2.24. The van der Waals surface area contributed by atoms with Gasteiger partial charge in [-0.25, -0.2) is 9.97 Å². The highest BCUT2D eigenvalue weighted by molar-refractivity contribution is 9.10. The maximum Gasteiger partial charge on any atom is 0.133 e. The van der Waals surface area contributed by atoms with Crippen molar-refractivity contribution in [1.82, 2.24) is 9.97 Å². The highest BCUT2D eigenvalue weighted by atomic mass is 79.9. The number of anilines is 1. The largest absolute Gasteiger partial charge is 0.356 e. The molecule has 94 valence electrons. The molecular formula is C13H20BrN3.